The van der Waals surface area contributed by atoms with E-state index in [-0.39, 0.29) is 0 Å². The minimum absolute atomic E-state index is 1.03. The Hall–Kier alpha value is -2.45. The zero-order valence-corrected chi connectivity index (χ0v) is 13.4. The summed E-state index contributed by atoms with van der Waals surface area (Å²) in [6, 6.07) is 28.2. The summed E-state index contributed by atoms with van der Waals surface area (Å²) in [4.78, 5) is 1.37. The van der Waals surface area contributed by atoms with Crippen LogP contribution < -0.4 is 0 Å². The molecule has 0 amide bonds. The Balaban J connectivity index is 1.95. The molecule has 2 heteroatoms. The normalized spacial score (nSPS) is 12.9. The van der Waals surface area contributed by atoms with Crippen LogP contribution in [0.5, 0.6) is 0 Å². The molecule has 0 fully saturated rings. The molecule has 1 nitrogen and oxygen atoms in total. The highest BCUT2D eigenvalue weighted by Gasteiger charge is 2.24. The molecular formula is C21H15NS. The van der Waals surface area contributed by atoms with Gasteiger partial charge in [-0.3, -0.25) is 0 Å². The van der Waals surface area contributed by atoms with Crippen molar-refractivity contribution in [2.24, 2.45) is 0 Å². The number of nitrogens with zero attached hydrogens (tertiary/aromatic N) is 1. The van der Waals surface area contributed by atoms with E-state index in [1.54, 1.807) is 0 Å². The highest BCUT2D eigenvalue weighted by Crippen LogP contribution is 2.46. The van der Waals surface area contributed by atoms with Crippen LogP contribution in [0.3, 0.4) is 0 Å². The average molecular weight is 313 g/mol. The minimum atomic E-state index is 1.03. The standard InChI is InChI=1S/C21H15NS/c1-2-8-15(9-3-1)22-19-12-6-4-10-16(19)18-14-23-20-13-7-5-11-17(20)21(18)22/h1-13H,14H2. The van der Waals surface area contributed by atoms with Crippen molar-refractivity contribution in [3.63, 3.8) is 0 Å². The van der Waals surface area contributed by atoms with E-state index < -0.39 is 0 Å². The molecular weight excluding hydrogens is 298 g/mol. The number of hydrogen-bond donors (Lipinski definition) is 0. The van der Waals surface area contributed by atoms with E-state index in [4.69, 9.17) is 0 Å². The fraction of sp³-hybridized carbons (Fsp3) is 0.0476. The molecule has 0 unspecified atom stereocenters. The fourth-order valence-corrected chi connectivity index (χ4v) is 4.61. The van der Waals surface area contributed by atoms with E-state index in [0.717, 1.165) is 5.75 Å². The lowest BCUT2D eigenvalue weighted by molar-refractivity contribution is 1.11. The summed E-state index contributed by atoms with van der Waals surface area (Å²) < 4.78 is 2.42. The quantitative estimate of drug-likeness (QED) is 0.423. The third-order valence-corrected chi connectivity index (χ3v) is 5.61. The molecule has 110 valence electrons. The van der Waals surface area contributed by atoms with E-state index in [1.165, 1.54) is 38.3 Å². The maximum absolute atomic E-state index is 2.42. The predicted octanol–water partition coefficient (Wildman–Crippen LogP) is 5.90. The molecule has 0 saturated carbocycles. The number of para-hydroxylation sites is 2. The van der Waals surface area contributed by atoms with Gasteiger partial charge in [0.1, 0.15) is 0 Å². The SMILES string of the molecule is c1ccc(-n2c3c(c4ccccc42)CSc2ccccc2-3)cc1. The van der Waals surface area contributed by atoms with Gasteiger partial charge >= 0.3 is 0 Å². The molecule has 0 saturated heterocycles. The predicted molar refractivity (Wildman–Crippen MR) is 98.3 cm³/mol. The molecule has 23 heavy (non-hydrogen) atoms. The summed E-state index contributed by atoms with van der Waals surface area (Å²) in [5.41, 5.74) is 6.67. The summed E-state index contributed by atoms with van der Waals surface area (Å²) in [5.74, 6) is 1.03. The Morgan fingerprint density at radius 2 is 1.48 bits per heavy atom. The highest BCUT2D eigenvalue weighted by molar-refractivity contribution is 7.98. The van der Waals surface area contributed by atoms with Crippen molar-refractivity contribution >= 4 is 22.7 Å². The molecule has 2 heterocycles. The topological polar surface area (TPSA) is 4.93 Å². The van der Waals surface area contributed by atoms with E-state index in [1.807, 2.05) is 11.8 Å². The van der Waals surface area contributed by atoms with Crippen LogP contribution >= 0.6 is 11.8 Å². The van der Waals surface area contributed by atoms with E-state index in [9.17, 15) is 0 Å². The van der Waals surface area contributed by atoms with Crippen LogP contribution in [0.15, 0.2) is 83.8 Å². The van der Waals surface area contributed by atoms with Gasteiger partial charge in [-0.2, -0.15) is 0 Å². The number of aromatic nitrogens is 1. The van der Waals surface area contributed by atoms with Gasteiger partial charge < -0.3 is 4.57 Å². The molecule has 0 N–H and O–H groups in total. The second-order valence-corrected chi connectivity index (χ2v) is 6.82. The summed E-state index contributed by atoms with van der Waals surface area (Å²) in [6.45, 7) is 0. The molecule has 0 spiro atoms. The van der Waals surface area contributed by atoms with Crippen molar-refractivity contribution < 1.29 is 0 Å². The first-order valence-electron chi connectivity index (χ1n) is 7.83. The molecule has 5 rings (SSSR count). The number of rotatable bonds is 1. The number of benzene rings is 3. The van der Waals surface area contributed by atoms with Gasteiger partial charge in [0.15, 0.2) is 0 Å². The molecule has 1 aliphatic rings. The first-order chi connectivity index (χ1) is 11.4. The Bertz CT molecular complexity index is 1010. The molecule has 4 aromatic rings. The van der Waals surface area contributed by atoms with Gasteiger partial charge in [0.25, 0.3) is 0 Å². The molecule has 0 radical (unpaired) electrons. The maximum atomic E-state index is 2.42. The van der Waals surface area contributed by atoms with E-state index >= 15 is 0 Å². The first kappa shape index (κ1) is 13.0. The van der Waals surface area contributed by atoms with Crippen molar-refractivity contribution in [3.8, 4) is 16.9 Å². The van der Waals surface area contributed by atoms with Gasteiger partial charge in [-0.1, -0.05) is 54.6 Å². The Morgan fingerprint density at radius 1 is 0.739 bits per heavy atom. The largest absolute Gasteiger partial charge is 0.309 e. The smallest absolute Gasteiger partial charge is 0.0592 e. The number of thioether (sulfide) groups is 1. The Kier molecular flexibility index (Phi) is 2.85. The van der Waals surface area contributed by atoms with Gasteiger partial charge in [0, 0.05) is 27.3 Å². The first-order valence-corrected chi connectivity index (χ1v) is 8.82. The monoisotopic (exact) mass is 313 g/mol. The zero-order chi connectivity index (χ0) is 15.2. The lowest BCUT2D eigenvalue weighted by Crippen LogP contribution is -2.01. The van der Waals surface area contributed by atoms with Gasteiger partial charge in [0.05, 0.1) is 11.2 Å². The summed E-state index contributed by atoms with van der Waals surface area (Å²) in [5, 5.41) is 1.37. The molecule has 0 atom stereocenters. The molecule has 3 aromatic carbocycles. The van der Waals surface area contributed by atoms with Gasteiger partial charge in [-0.15, -0.1) is 11.8 Å². The highest BCUT2D eigenvalue weighted by atomic mass is 32.2. The van der Waals surface area contributed by atoms with Crippen LogP contribution in [0.4, 0.5) is 0 Å². The van der Waals surface area contributed by atoms with Crippen molar-refractivity contribution in [1.82, 2.24) is 4.57 Å². The van der Waals surface area contributed by atoms with Crippen molar-refractivity contribution in [2.75, 3.05) is 0 Å². The molecule has 1 aromatic heterocycles. The van der Waals surface area contributed by atoms with Gasteiger partial charge in [-0.25, -0.2) is 0 Å². The summed E-state index contributed by atoms with van der Waals surface area (Å²) >= 11 is 1.94. The second-order valence-electron chi connectivity index (χ2n) is 5.80. The van der Waals surface area contributed by atoms with Crippen LogP contribution in [0, 0.1) is 0 Å². The molecule has 1 aliphatic heterocycles. The van der Waals surface area contributed by atoms with E-state index in [2.05, 4.69) is 83.4 Å². The van der Waals surface area contributed by atoms with Crippen molar-refractivity contribution in [1.29, 1.82) is 0 Å². The molecule has 0 bridgehead atoms. The van der Waals surface area contributed by atoms with Crippen LogP contribution in [0.25, 0.3) is 27.8 Å². The summed E-state index contributed by atoms with van der Waals surface area (Å²) in [7, 11) is 0. The van der Waals surface area contributed by atoms with Crippen LogP contribution in [0.2, 0.25) is 0 Å². The number of fused-ring (bicyclic) bond motifs is 5. The molecule has 0 aliphatic carbocycles. The Morgan fingerprint density at radius 3 is 2.39 bits per heavy atom. The van der Waals surface area contributed by atoms with Crippen molar-refractivity contribution in [3.05, 3.63) is 84.4 Å². The third kappa shape index (κ3) is 1.88. The lowest BCUT2D eigenvalue weighted by atomic mass is 10.1. The van der Waals surface area contributed by atoms with Crippen LogP contribution in [0.1, 0.15) is 5.56 Å². The summed E-state index contributed by atoms with van der Waals surface area (Å²) in [6.07, 6.45) is 0. The Labute approximate surface area is 139 Å². The lowest BCUT2D eigenvalue weighted by Gasteiger charge is -2.19. The van der Waals surface area contributed by atoms with Crippen LogP contribution in [-0.4, -0.2) is 4.57 Å². The zero-order valence-electron chi connectivity index (χ0n) is 12.6. The maximum Gasteiger partial charge on any atom is 0.0592 e. The fourth-order valence-electron chi connectivity index (χ4n) is 3.52. The minimum Gasteiger partial charge on any atom is -0.309 e. The second kappa shape index (κ2) is 5.04. The average Bonchev–Trinajstić information content (AvgIpc) is 2.97. The van der Waals surface area contributed by atoms with Crippen molar-refractivity contribution in [2.45, 2.75) is 10.6 Å². The van der Waals surface area contributed by atoms with Crippen LogP contribution in [-0.2, 0) is 5.75 Å². The van der Waals surface area contributed by atoms with Gasteiger partial charge in [0.2, 0.25) is 0 Å². The van der Waals surface area contributed by atoms with Gasteiger partial charge in [-0.05, 0) is 29.8 Å². The third-order valence-electron chi connectivity index (χ3n) is 4.51. The van der Waals surface area contributed by atoms with E-state index in [0.29, 0.717) is 0 Å². The number of hydrogen-bond acceptors (Lipinski definition) is 1.